The normalized spacial score (nSPS) is 16.7. The molecule has 120 valence electrons. The Morgan fingerprint density at radius 2 is 1.90 bits per heavy atom. The van der Waals surface area contributed by atoms with Gasteiger partial charge in [0, 0.05) is 25.7 Å². The Labute approximate surface area is 139 Å². The average molecular weight is 334 g/mol. The molecular weight excluding hydrogens is 309 g/mol. The Morgan fingerprint density at radius 1 is 1.29 bits per heavy atom. The van der Waals surface area contributed by atoms with Gasteiger partial charge in [-0.25, -0.2) is 0 Å². The van der Waals surface area contributed by atoms with Crippen molar-refractivity contribution < 1.29 is 4.79 Å². The zero-order valence-corrected chi connectivity index (χ0v) is 14.2. The van der Waals surface area contributed by atoms with Gasteiger partial charge in [0.05, 0.1) is 6.04 Å². The van der Waals surface area contributed by atoms with Crippen LogP contribution in [0.1, 0.15) is 25.0 Å². The molecule has 3 N–H and O–H groups in total. The Balaban J connectivity index is 0.00000200. The van der Waals surface area contributed by atoms with Crippen LogP contribution in [0.5, 0.6) is 0 Å². The van der Waals surface area contributed by atoms with E-state index in [-0.39, 0.29) is 30.7 Å². The van der Waals surface area contributed by atoms with Gasteiger partial charge in [-0.15, -0.1) is 24.8 Å². The first-order chi connectivity index (χ1) is 9.08. The van der Waals surface area contributed by atoms with Crippen molar-refractivity contribution in [3.8, 4) is 0 Å². The van der Waals surface area contributed by atoms with Crippen LogP contribution in [-0.4, -0.2) is 36.0 Å². The van der Waals surface area contributed by atoms with Crippen molar-refractivity contribution >= 4 is 30.7 Å². The van der Waals surface area contributed by atoms with E-state index in [4.69, 9.17) is 5.73 Å². The smallest absolute Gasteiger partial charge is 0.236 e. The van der Waals surface area contributed by atoms with Crippen LogP contribution >= 0.6 is 24.8 Å². The largest absolute Gasteiger partial charge is 0.353 e. The van der Waals surface area contributed by atoms with Gasteiger partial charge in [-0.2, -0.15) is 0 Å². The first-order valence-corrected chi connectivity index (χ1v) is 6.92. The highest BCUT2D eigenvalue weighted by molar-refractivity contribution is 5.85. The average Bonchev–Trinajstić information content (AvgIpc) is 2.43. The van der Waals surface area contributed by atoms with E-state index in [2.05, 4.69) is 41.4 Å². The molecule has 1 aromatic carbocycles. The minimum atomic E-state index is -0.436. The molecule has 4 nitrogen and oxygen atoms in total. The minimum Gasteiger partial charge on any atom is -0.353 e. The number of fused-ring (bicyclic) bond motifs is 1. The van der Waals surface area contributed by atoms with E-state index in [9.17, 15) is 4.79 Å². The fraction of sp³-hybridized carbons (Fsp3) is 0.533. The summed E-state index contributed by atoms with van der Waals surface area (Å²) in [6.45, 7) is 6.52. The maximum absolute atomic E-state index is 11.5. The molecule has 21 heavy (non-hydrogen) atoms. The molecule has 0 aliphatic carbocycles. The fourth-order valence-corrected chi connectivity index (χ4v) is 2.43. The van der Waals surface area contributed by atoms with Crippen molar-refractivity contribution in [1.29, 1.82) is 0 Å². The molecule has 2 atom stereocenters. The van der Waals surface area contributed by atoms with Crippen molar-refractivity contribution in [3.63, 3.8) is 0 Å². The summed E-state index contributed by atoms with van der Waals surface area (Å²) in [7, 11) is 0. The van der Waals surface area contributed by atoms with E-state index < -0.39 is 6.04 Å². The number of benzene rings is 1. The number of rotatable bonds is 4. The predicted molar refractivity (Wildman–Crippen MR) is 91.2 cm³/mol. The lowest BCUT2D eigenvalue weighted by Gasteiger charge is -2.33. The molecule has 0 fully saturated rings. The third kappa shape index (κ3) is 5.47. The van der Waals surface area contributed by atoms with E-state index in [1.807, 2.05) is 0 Å². The van der Waals surface area contributed by atoms with Gasteiger partial charge in [0.1, 0.15) is 0 Å². The Bertz CT molecular complexity index is 454. The molecular formula is C15H25Cl2N3O. The van der Waals surface area contributed by atoms with Crippen LogP contribution in [0, 0.1) is 0 Å². The highest BCUT2D eigenvalue weighted by Crippen LogP contribution is 2.19. The third-order valence-electron chi connectivity index (χ3n) is 3.77. The highest BCUT2D eigenvalue weighted by atomic mass is 35.5. The summed E-state index contributed by atoms with van der Waals surface area (Å²) >= 11 is 0. The van der Waals surface area contributed by atoms with Gasteiger partial charge in [-0.3, -0.25) is 9.69 Å². The van der Waals surface area contributed by atoms with Crippen LogP contribution in [0.25, 0.3) is 0 Å². The summed E-state index contributed by atoms with van der Waals surface area (Å²) in [5.41, 5.74) is 8.39. The second-order valence-electron chi connectivity index (χ2n) is 5.37. The molecule has 1 heterocycles. The maximum atomic E-state index is 11.5. The molecule has 0 spiro atoms. The van der Waals surface area contributed by atoms with Crippen LogP contribution in [0.3, 0.4) is 0 Å². The van der Waals surface area contributed by atoms with E-state index >= 15 is 0 Å². The van der Waals surface area contributed by atoms with Gasteiger partial charge >= 0.3 is 0 Å². The summed E-state index contributed by atoms with van der Waals surface area (Å²) < 4.78 is 0. The number of amides is 1. The molecule has 1 aliphatic rings. The molecule has 6 heteroatoms. The van der Waals surface area contributed by atoms with Crippen LogP contribution in [0.15, 0.2) is 24.3 Å². The monoisotopic (exact) mass is 333 g/mol. The highest BCUT2D eigenvalue weighted by Gasteiger charge is 2.20. The lowest BCUT2D eigenvalue weighted by molar-refractivity contribution is -0.122. The molecule has 0 saturated heterocycles. The maximum Gasteiger partial charge on any atom is 0.236 e. The Hall–Kier alpha value is -0.810. The lowest BCUT2D eigenvalue weighted by Crippen LogP contribution is -2.47. The zero-order chi connectivity index (χ0) is 13.8. The number of carbonyl (C=O) groups is 1. The number of hydrogen-bond acceptors (Lipinski definition) is 3. The van der Waals surface area contributed by atoms with Gasteiger partial charge < -0.3 is 11.1 Å². The van der Waals surface area contributed by atoms with Gasteiger partial charge in [-0.1, -0.05) is 24.3 Å². The standard InChI is InChI=1S/C15H23N3O.2ClH/c1-11(9-17-15(19)12(2)16)18-8-7-13-5-3-4-6-14(13)10-18;;/h3-6,11-12H,7-10,16H2,1-2H3,(H,17,19);2*1H/t11?,12-;;/m1../s1. The Kier molecular flexibility index (Phi) is 8.90. The molecule has 1 amide bonds. The van der Waals surface area contributed by atoms with Crippen LogP contribution in [0.2, 0.25) is 0 Å². The van der Waals surface area contributed by atoms with Crippen molar-refractivity contribution in [1.82, 2.24) is 10.2 Å². The zero-order valence-electron chi connectivity index (χ0n) is 12.5. The number of nitrogens with zero attached hydrogens (tertiary/aromatic N) is 1. The van der Waals surface area contributed by atoms with Crippen molar-refractivity contribution in [2.24, 2.45) is 5.73 Å². The van der Waals surface area contributed by atoms with Crippen molar-refractivity contribution in [2.75, 3.05) is 13.1 Å². The molecule has 1 aliphatic heterocycles. The van der Waals surface area contributed by atoms with Gasteiger partial charge in [-0.05, 0) is 31.4 Å². The van der Waals surface area contributed by atoms with E-state index in [0.717, 1.165) is 19.5 Å². The molecule has 0 aromatic heterocycles. The fourth-order valence-electron chi connectivity index (χ4n) is 2.43. The summed E-state index contributed by atoms with van der Waals surface area (Å²) in [4.78, 5) is 13.9. The second-order valence-corrected chi connectivity index (χ2v) is 5.37. The first kappa shape index (κ1) is 20.2. The number of carbonyl (C=O) groups excluding carboxylic acids is 1. The summed E-state index contributed by atoms with van der Waals surface area (Å²) in [5, 5.41) is 2.90. The second kappa shape index (κ2) is 9.26. The van der Waals surface area contributed by atoms with Crippen molar-refractivity contribution in [2.45, 2.75) is 38.9 Å². The number of hydrogen-bond donors (Lipinski definition) is 2. The van der Waals surface area contributed by atoms with Crippen LogP contribution in [0.4, 0.5) is 0 Å². The van der Waals surface area contributed by atoms with Gasteiger partial charge in [0.15, 0.2) is 0 Å². The summed E-state index contributed by atoms with van der Waals surface area (Å²) in [5.74, 6) is -0.0794. The molecule has 0 radical (unpaired) electrons. The van der Waals surface area contributed by atoms with E-state index in [0.29, 0.717) is 12.6 Å². The lowest BCUT2D eigenvalue weighted by atomic mass is 9.99. The first-order valence-electron chi connectivity index (χ1n) is 6.92. The van der Waals surface area contributed by atoms with Gasteiger partial charge in [0.25, 0.3) is 0 Å². The Morgan fingerprint density at radius 3 is 2.52 bits per heavy atom. The van der Waals surface area contributed by atoms with Crippen LogP contribution in [-0.2, 0) is 17.8 Å². The topological polar surface area (TPSA) is 58.4 Å². The van der Waals surface area contributed by atoms with Crippen LogP contribution < -0.4 is 11.1 Å². The molecule has 0 bridgehead atoms. The van der Waals surface area contributed by atoms with Crippen molar-refractivity contribution in [3.05, 3.63) is 35.4 Å². The minimum absolute atomic E-state index is 0. The number of halogens is 2. The van der Waals surface area contributed by atoms with E-state index in [1.54, 1.807) is 6.92 Å². The number of nitrogens with one attached hydrogen (secondary N) is 1. The quantitative estimate of drug-likeness (QED) is 0.882. The molecule has 1 unspecified atom stereocenters. The summed E-state index contributed by atoms with van der Waals surface area (Å²) in [6.07, 6.45) is 1.09. The predicted octanol–water partition coefficient (Wildman–Crippen LogP) is 1.74. The SMILES string of the molecule is CC(CNC(=O)[C@@H](C)N)N1CCc2ccccc2C1.Cl.Cl. The van der Waals surface area contributed by atoms with Gasteiger partial charge in [0.2, 0.25) is 5.91 Å². The molecule has 0 saturated carbocycles. The molecule has 2 rings (SSSR count). The third-order valence-corrected chi connectivity index (χ3v) is 3.77. The number of nitrogens with two attached hydrogens (primary N) is 1. The summed E-state index contributed by atoms with van der Waals surface area (Å²) in [6, 6.07) is 8.47. The molecule has 1 aromatic rings. The van der Waals surface area contributed by atoms with E-state index in [1.165, 1.54) is 11.1 Å².